The van der Waals surface area contributed by atoms with Crippen LogP contribution in [0.3, 0.4) is 0 Å². The molecule has 0 radical (unpaired) electrons. The number of amides is 1. The summed E-state index contributed by atoms with van der Waals surface area (Å²) in [6, 6.07) is 6.45. The number of hydrogen-bond donors (Lipinski definition) is 1. The van der Waals surface area contributed by atoms with Crippen LogP contribution in [0.25, 0.3) is 0 Å². The van der Waals surface area contributed by atoms with Crippen LogP contribution < -0.4 is 9.62 Å². The lowest BCUT2D eigenvalue weighted by Crippen LogP contribution is -2.32. The molecule has 1 saturated heterocycles. The Morgan fingerprint density at radius 3 is 2.30 bits per heavy atom. The third kappa shape index (κ3) is 4.78. The maximum Gasteiger partial charge on any atom is 0.240 e. The highest BCUT2D eigenvalue weighted by Gasteiger charge is 2.23. The van der Waals surface area contributed by atoms with Crippen LogP contribution in [0.4, 0.5) is 5.69 Å². The van der Waals surface area contributed by atoms with Crippen LogP contribution in [0.1, 0.15) is 46.5 Å². The molecule has 0 aromatic heterocycles. The van der Waals surface area contributed by atoms with Crippen molar-refractivity contribution in [2.75, 3.05) is 11.4 Å². The van der Waals surface area contributed by atoms with E-state index in [9.17, 15) is 13.2 Å². The molecule has 1 atom stereocenters. The van der Waals surface area contributed by atoms with E-state index in [0.717, 1.165) is 24.9 Å². The summed E-state index contributed by atoms with van der Waals surface area (Å²) >= 11 is 0. The molecule has 1 fully saturated rings. The smallest absolute Gasteiger partial charge is 0.240 e. The van der Waals surface area contributed by atoms with Gasteiger partial charge in [0.25, 0.3) is 0 Å². The van der Waals surface area contributed by atoms with Crippen LogP contribution in [0.5, 0.6) is 0 Å². The highest BCUT2D eigenvalue weighted by atomic mass is 32.2. The van der Waals surface area contributed by atoms with Gasteiger partial charge in [0.05, 0.1) is 4.90 Å². The molecular weight excluding hydrogens is 312 g/mol. The molecule has 1 aliphatic rings. The number of carbonyl (C=O) groups excluding carboxylic acids is 1. The first-order chi connectivity index (χ1) is 10.8. The normalized spacial score (nSPS) is 17.0. The molecule has 1 aliphatic heterocycles. The van der Waals surface area contributed by atoms with E-state index in [1.54, 1.807) is 29.2 Å². The van der Waals surface area contributed by atoms with Crippen molar-refractivity contribution in [1.29, 1.82) is 0 Å². The summed E-state index contributed by atoms with van der Waals surface area (Å²) in [5.41, 5.74) is 0.763. The molecule has 0 spiro atoms. The zero-order chi connectivity index (χ0) is 17.0. The van der Waals surface area contributed by atoms with Crippen molar-refractivity contribution in [3.63, 3.8) is 0 Å². The van der Waals surface area contributed by atoms with Crippen LogP contribution in [0.2, 0.25) is 0 Å². The van der Waals surface area contributed by atoms with Crippen molar-refractivity contribution in [3.05, 3.63) is 24.3 Å². The van der Waals surface area contributed by atoms with E-state index >= 15 is 0 Å². The maximum absolute atomic E-state index is 12.4. The molecule has 2 rings (SSSR count). The summed E-state index contributed by atoms with van der Waals surface area (Å²) in [6.07, 6.45) is 3.22. The summed E-state index contributed by atoms with van der Waals surface area (Å²) in [5.74, 6) is 0.653. The zero-order valence-electron chi connectivity index (χ0n) is 14.1. The number of anilines is 1. The molecule has 1 heterocycles. The number of nitrogens with zero attached hydrogens (tertiary/aromatic N) is 1. The van der Waals surface area contributed by atoms with Crippen LogP contribution in [0.15, 0.2) is 29.2 Å². The van der Waals surface area contributed by atoms with Gasteiger partial charge >= 0.3 is 0 Å². The van der Waals surface area contributed by atoms with E-state index in [-0.39, 0.29) is 16.8 Å². The fourth-order valence-corrected chi connectivity index (χ4v) is 3.98. The van der Waals surface area contributed by atoms with Crippen molar-refractivity contribution in [1.82, 2.24) is 4.72 Å². The lowest BCUT2D eigenvalue weighted by molar-refractivity contribution is -0.117. The molecular formula is C17H26N2O3S. The topological polar surface area (TPSA) is 66.5 Å². The Morgan fingerprint density at radius 1 is 1.13 bits per heavy atom. The third-order valence-electron chi connectivity index (χ3n) is 4.07. The Hall–Kier alpha value is -1.40. The predicted octanol–water partition coefficient (Wildman–Crippen LogP) is 2.92. The van der Waals surface area contributed by atoms with Crippen LogP contribution in [0, 0.1) is 5.92 Å². The van der Waals surface area contributed by atoms with Gasteiger partial charge in [-0.15, -0.1) is 0 Å². The second kappa shape index (κ2) is 7.45. The Balaban J connectivity index is 2.04. The average molecular weight is 338 g/mol. The fraction of sp³-hybridized carbons (Fsp3) is 0.588. The van der Waals surface area contributed by atoms with Gasteiger partial charge in [0.1, 0.15) is 0 Å². The number of nitrogens with one attached hydrogen (secondary N) is 1. The van der Waals surface area contributed by atoms with Gasteiger partial charge in [-0.05, 0) is 56.4 Å². The monoisotopic (exact) mass is 338 g/mol. The number of hydrogen-bond acceptors (Lipinski definition) is 3. The molecule has 0 saturated carbocycles. The highest BCUT2D eigenvalue weighted by molar-refractivity contribution is 7.89. The van der Waals surface area contributed by atoms with Gasteiger partial charge in [0.15, 0.2) is 0 Å². The lowest BCUT2D eigenvalue weighted by atomic mass is 10.1. The molecule has 1 amide bonds. The average Bonchev–Trinajstić information content (AvgIpc) is 2.91. The largest absolute Gasteiger partial charge is 0.312 e. The maximum atomic E-state index is 12.4. The minimum atomic E-state index is -3.51. The number of benzene rings is 1. The minimum absolute atomic E-state index is 0.0952. The van der Waals surface area contributed by atoms with Crippen molar-refractivity contribution in [2.45, 2.75) is 57.4 Å². The van der Waals surface area contributed by atoms with Gasteiger partial charge < -0.3 is 4.90 Å². The molecule has 1 aromatic carbocycles. The predicted molar refractivity (Wildman–Crippen MR) is 91.9 cm³/mol. The van der Waals surface area contributed by atoms with Gasteiger partial charge in [-0.1, -0.05) is 13.8 Å². The minimum Gasteiger partial charge on any atom is -0.312 e. The summed E-state index contributed by atoms with van der Waals surface area (Å²) in [5, 5.41) is 0. The molecule has 0 aliphatic carbocycles. The number of sulfonamides is 1. The van der Waals surface area contributed by atoms with Gasteiger partial charge in [-0.2, -0.15) is 0 Å². The number of carbonyl (C=O) groups is 1. The molecule has 0 bridgehead atoms. The highest BCUT2D eigenvalue weighted by Crippen LogP contribution is 2.23. The van der Waals surface area contributed by atoms with Gasteiger partial charge in [-0.3, -0.25) is 4.79 Å². The first-order valence-corrected chi connectivity index (χ1v) is 9.70. The first-order valence-electron chi connectivity index (χ1n) is 8.22. The Morgan fingerprint density at radius 2 is 1.78 bits per heavy atom. The van der Waals surface area contributed by atoms with Gasteiger partial charge in [-0.25, -0.2) is 13.1 Å². The van der Waals surface area contributed by atoms with Crippen LogP contribution in [-0.4, -0.2) is 26.9 Å². The van der Waals surface area contributed by atoms with Gasteiger partial charge in [0.2, 0.25) is 15.9 Å². The quantitative estimate of drug-likeness (QED) is 0.831. The molecule has 5 nitrogen and oxygen atoms in total. The molecule has 23 heavy (non-hydrogen) atoms. The second-order valence-corrected chi connectivity index (χ2v) is 8.35. The van der Waals surface area contributed by atoms with E-state index in [1.165, 1.54) is 0 Å². The molecule has 6 heteroatoms. The Kier molecular flexibility index (Phi) is 5.81. The van der Waals surface area contributed by atoms with E-state index in [0.29, 0.717) is 18.9 Å². The molecule has 1 unspecified atom stereocenters. The standard InChI is InChI=1S/C17H26N2O3S/c1-13(2)6-7-14(3)18-23(21,22)16-10-8-15(9-11-16)19-12-4-5-17(19)20/h8-11,13-14,18H,4-7,12H2,1-3H3. The summed E-state index contributed by atoms with van der Waals surface area (Å²) in [4.78, 5) is 13.7. The SMILES string of the molecule is CC(C)CCC(C)NS(=O)(=O)c1ccc(N2CCCC2=O)cc1. The van der Waals surface area contributed by atoms with Crippen LogP contribution >= 0.6 is 0 Å². The van der Waals surface area contributed by atoms with Gasteiger partial charge in [0, 0.05) is 24.7 Å². The van der Waals surface area contributed by atoms with E-state index in [1.807, 2.05) is 6.92 Å². The molecule has 1 N–H and O–H groups in total. The van der Waals surface area contributed by atoms with Crippen molar-refractivity contribution in [2.24, 2.45) is 5.92 Å². The second-order valence-electron chi connectivity index (χ2n) is 6.64. The van der Waals surface area contributed by atoms with Crippen molar-refractivity contribution in [3.8, 4) is 0 Å². The summed E-state index contributed by atoms with van der Waals surface area (Å²) < 4.78 is 27.5. The Bertz CT molecular complexity index is 638. The first kappa shape index (κ1) is 17.9. The van der Waals surface area contributed by atoms with Crippen molar-refractivity contribution < 1.29 is 13.2 Å². The molecule has 128 valence electrons. The van der Waals surface area contributed by atoms with E-state index in [2.05, 4.69) is 18.6 Å². The van der Waals surface area contributed by atoms with E-state index in [4.69, 9.17) is 0 Å². The third-order valence-corrected chi connectivity index (χ3v) is 5.67. The lowest BCUT2D eigenvalue weighted by Gasteiger charge is -2.17. The number of rotatable bonds is 7. The van der Waals surface area contributed by atoms with Crippen molar-refractivity contribution >= 4 is 21.6 Å². The zero-order valence-corrected chi connectivity index (χ0v) is 14.9. The summed E-state index contributed by atoms with van der Waals surface area (Å²) in [6.45, 7) is 6.84. The molecule has 1 aromatic rings. The Labute approximate surface area is 139 Å². The van der Waals surface area contributed by atoms with Crippen LogP contribution in [-0.2, 0) is 14.8 Å². The van der Waals surface area contributed by atoms with E-state index < -0.39 is 10.0 Å². The fourth-order valence-electron chi connectivity index (χ4n) is 2.70. The summed E-state index contributed by atoms with van der Waals surface area (Å²) in [7, 11) is -3.51.